The monoisotopic (exact) mass is 128 g/mol. The van der Waals surface area contributed by atoms with Gasteiger partial charge in [-0.1, -0.05) is 12.2 Å². The van der Waals surface area contributed by atoms with Crippen LogP contribution in [-0.4, -0.2) is 11.0 Å². The molecule has 1 heterocycles. The van der Waals surface area contributed by atoms with Crippen molar-refractivity contribution >= 4 is 11.8 Å². The van der Waals surface area contributed by atoms with Gasteiger partial charge in [0.05, 0.1) is 0 Å². The molecule has 1 heteroatoms. The number of allylic oxidation sites excluding steroid dienone is 2. The lowest BCUT2D eigenvalue weighted by molar-refractivity contribution is 0.885. The van der Waals surface area contributed by atoms with Gasteiger partial charge in [-0.3, -0.25) is 0 Å². The van der Waals surface area contributed by atoms with Crippen LogP contribution in [0.3, 0.4) is 0 Å². The van der Waals surface area contributed by atoms with E-state index in [0.29, 0.717) is 0 Å². The number of thioether (sulfide) groups is 1. The lowest BCUT2D eigenvalue weighted by Crippen LogP contribution is -1.78. The van der Waals surface area contributed by atoms with Crippen LogP contribution in [-0.2, 0) is 0 Å². The topological polar surface area (TPSA) is 0 Å². The Hall–Kier alpha value is 0.0900. The highest BCUT2D eigenvalue weighted by Gasteiger charge is 2.20. The summed E-state index contributed by atoms with van der Waals surface area (Å²) in [5.41, 5.74) is 0. The van der Waals surface area contributed by atoms with Gasteiger partial charge in [-0.2, -0.15) is 11.8 Å². The van der Waals surface area contributed by atoms with E-state index in [1.165, 1.54) is 18.6 Å². The Kier molecular flexibility index (Phi) is 2.47. The van der Waals surface area contributed by atoms with Gasteiger partial charge in [-0.05, 0) is 19.8 Å². The molecule has 1 fully saturated rings. The lowest BCUT2D eigenvalue weighted by atomic mass is 10.2. The average Bonchev–Trinajstić information content (AvgIpc) is 2.51. The highest BCUT2D eigenvalue weighted by atomic mass is 32.2. The SMILES string of the molecule is CC=CCCC1CS1. The molecule has 1 aliphatic heterocycles. The standard InChI is InChI=1S/C7H12S/c1-2-3-4-5-7-6-8-7/h2-3,7H,4-6H2,1H3. The molecular formula is C7H12S. The van der Waals surface area contributed by atoms with Crippen molar-refractivity contribution in [2.45, 2.75) is 25.0 Å². The Morgan fingerprint density at radius 3 is 3.00 bits per heavy atom. The first kappa shape index (κ1) is 6.21. The van der Waals surface area contributed by atoms with E-state index in [1.54, 1.807) is 0 Å². The molecule has 0 radical (unpaired) electrons. The van der Waals surface area contributed by atoms with Gasteiger partial charge >= 0.3 is 0 Å². The summed E-state index contributed by atoms with van der Waals surface area (Å²) in [5.74, 6) is 1.41. The van der Waals surface area contributed by atoms with E-state index in [4.69, 9.17) is 0 Å². The van der Waals surface area contributed by atoms with E-state index < -0.39 is 0 Å². The molecule has 1 saturated heterocycles. The first-order valence-corrected chi connectivity index (χ1v) is 4.21. The summed E-state index contributed by atoms with van der Waals surface area (Å²) < 4.78 is 0. The molecule has 0 aliphatic carbocycles. The maximum atomic E-state index is 2.25. The van der Waals surface area contributed by atoms with Crippen molar-refractivity contribution in [3.05, 3.63) is 12.2 Å². The van der Waals surface area contributed by atoms with Crippen molar-refractivity contribution in [3.63, 3.8) is 0 Å². The number of rotatable bonds is 3. The third kappa shape index (κ3) is 2.41. The minimum Gasteiger partial charge on any atom is -0.157 e. The van der Waals surface area contributed by atoms with Crippen LogP contribution in [0.1, 0.15) is 19.8 Å². The summed E-state index contributed by atoms with van der Waals surface area (Å²) in [5, 5.41) is 1.02. The van der Waals surface area contributed by atoms with E-state index in [0.717, 1.165) is 5.25 Å². The first-order valence-electron chi connectivity index (χ1n) is 3.16. The van der Waals surface area contributed by atoms with E-state index in [-0.39, 0.29) is 0 Å². The smallest absolute Gasteiger partial charge is 0.0141 e. The Morgan fingerprint density at radius 1 is 1.75 bits per heavy atom. The van der Waals surface area contributed by atoms with Crippen molar-refractivity contribution in [1.82, 2.24) is 0 Å². The predicted octanol–water partition coefficient (Wildman–Crippen LogP) is 2.46. The maximum absolute atomic E-state index is 2.25. The van der Waals surface area contributed by atoms with Gasteiger partial charge in [0.15, 0.2) is 0 Å². The molecule has 0 N–H and O–H groups in total. The molecule has 8 heavy (non-hydrogen) atoms. The highest BCUT2D eigenvalue weighted by molar-refractivity contribution is 8.06. The molecular weight excluding hydrogens is 116 g/mol. The van der Waals surface area contributed by atoms with Crippen molar-refractivity contribution in [2.75, 3.05) is 5.75 Å². The molecule has 0 spiro atoms. The summed E-state index contributed by atoms with van der Waals surface area (Å²) in [6.45, 7) is 2.08. The maximum Gasteiger partial charge on any atom is 0.0141 e. The van der Waals surface area contributed by atoms with Crippen LogP contribution in [0.2, 0.25) is 0 Å². The van der Waals surface area contributed by atoms with Crippen LogP contribution in [0.25, 0.3) is 0 Å². The van der Waals surface area contributed by atoms with Crippen molar-refractivity contribution in [3.8, 4) is 0 Å². The van der Waals surface area contributed by atoms with Crippen LogP contribution in [0, 0.1) is 0 Å². The van der Waals surface area contributed by atoms with Crippen molar-refractivity contribution in [2.24, 2.45) is 0 Å². The van der Waals surface area contributed by atoms with E-state index in [1.807, 2.05) is 0 Å². The molecule has 0 saturated carbocycles. The minimum absolute atomic E-state index is 1.02. The zero-order valence-corrected chi connectivity index (χ0v) is 6.08. The third-order valence-corrected chi connectivity index (χ3v) is 2.33. The third-order valence-electron chi connectivity index (χ3n) is 1.29. The molecule has 0 aromatic heterocycles. The molecule has 1 rings (SSSR count). The molecule has 0 bridgehead atoms. The van der Waals surface area contributed by atoms with Crippen molar-refractivity contribution < 1.29 is 0 Å². The summed E-state index contributed by atoms with van der Waals surface area (Å²) >= 11 is 2.08. The van der Waals surface area contributed by atoms with E-state index >= 15 is 0 Å². The average molecular weight is 128 g/mol. The highest BCUT2D eigenvalue weighted by Crippen LogP contribution is 2.33. The molecule has 1 aliphatic rings. The lowest BCUT2D eigenvalue weighted by Gasteiger charge is -1.85. The van der Waals surface area contributed by atoms with Crippen LogP contribution in [0.15, 0.2) is 12.2 Å². The molecule has 0 aromatic carbocycles. The minimum atomic E-state index is 1.02. The second kappa shape index (κ2) is 3.18. The van der Waals surface area contributed by atoms with Crippen molar-refractivity contribution in [1.29, 1.82) is 0 Å². The molecule has 0 aromatic rings. The summed E-state index contributed by atoms with van der Waals surface area (Å²) in [6, 6.07) is 0. The van der Waals surface area contributed by atoms with Crippen LogP contribution < -0.4 is 0 Å². The summed E-state index contributed by atoms with van der Waals surface area (Å²) in [7, 11) is 0. The zero-order valence-electron chi connectivity index (χ0n) is 5.26. The van der Waals surface area contributed by atoms with Gasteiger partial charge < -0.3 is 0 Å². The fourth-order valence-electron chi connectivity index (χ4n) is 0.683. The largest absolute Gasteiger partial charge is 0.157 e. The second-order valence-corrected chi connectivity index (χ2v) is 3.44. The second-order valence-electron chi connectivity index (χ2n) is 2.10. The zero-order chi connectivity index (χ0) is 5.82. The van der Waals surface area contributed by atoms with Crippen LogP contribution >= 0.6 is 11.8 Å². The van der Waals surface area contributed by atoms with Gasteiger partial charge in [0.2, 0.25) is 0 Å². The van der Waals surface area contributed by atoms with Crippen LogP contribution in [0.5, 0.6) is 0 Å². The van der Waals surface area contributed by atoms with Gasteiger partial charge in [-0.15, -0.1) is 0 Å². The molecule has 0 amide bonds. The summed E-state index contributed by atoms with van der Waals surface area (Å²) in [6.07, 6.45) is 7.06. The Bertz CT molecular complexity index is 82.4. The number of hydrogen-bond donors (Lipinski definition) is 0. The van der Waals surface area contributed by atoms with Crippen LogP contribution in [0.4, 0.5) is 0 Å². The molecule has 1 unspecified atom stereocenters. The van der Waals surface area contributed by atoms with Gasteiger partial charge in [-0.25, -0.2) is 0 Å². The fourth-order valence-corrected chi connectivity index (χ4v) is 1.29. The Balaban J connectivity index is 1.88. The number of hydrogen-bond acceptors (Lipinski definition) is 1. The Morgan fingerprint density at radius 2 is 2.50 bits per heavy atom. The van der Waals surface area contributed by atoms with Gasteiger partial charge in [0.25, 0.3) is 0 Å². The first-order chi connectivity index (χ1) is 3.93. The fraction of sp³-hybridized carbons (Fsp3) is 0.714. The molecule has 46 valence electrons. The molecule has 0 nitrogen and oxygen atoms in total. The van der Waals surface area contributed by atoms with Gasteiger partial charge in [0.1, 0.15) is 0 Å². The quantitative estimate of drug-likeness (QED) is 0.415. The normalized spacial score (nSPS) is 26.9. The van der Waals surface area contributed by atoms with E-state index in [9.17, 15) is 0 Å². The molecule has 1 atom stereocenters. The van der Waals surface area contributed by atoms with E-state index in [2.05, 4.69) is 30.8 Å². The summed E-state index contributed by atoms with van der Waals surface area (Å²) in [4.78, 5) is 0. The Labute approximate surface area is 55.4 Å². The van der Waals surface area contributed by atoms with Gasteiger partial charge in [0, 0.05) is 11.0 Å². The predicted molar refractivity (Wildman–Crippen MR) is 40.3 cm³/mol.